The van der Waals surface area contributed by atoms with Crippen LogP contribution < -0.4 is 14.6 Å². The zero-order valence-electron chi connectivity index (χ0n) is 31.2. The van der Waals surface area contributed by atoms with Crippen LogP contribution in [0.1, 0.15) is 63.2 Å². The van der Waals surface area contributed by atoms with Crippen molar-refractivity contribution in [3.8, 4) is 5.75 Å². The number of esters is 1. The summed E-state index contributed by atoms with van der Waals surface area (Å²) >= 11 is 0. The van der Waals surface area contributed by atoms with Crippen molar-refractivity contribution in [1.82, 2.24) is 14.9 Å². The summed E-state index contributed by atoms with van der Waals surface area (Å²) in [5.41, 5.74) is 1.84. The van der Waals surface area contributed by atoms with Crippen molar-refractivity contribution in [2.75, 3.05) is 38.0 Å². The molecular weight excluding hydrogens is 676 g/mol. The van der Waals surface area contributed by atoms with Crippen LogP contribution in [0.25, 0.3) is 10.9 Å². The fourth-order valence-corrected chi connectivity index (χ4v) is 6.26. The molecule has 0 saturated heterocycles. The van der Waals surface area contributed by atoms with Crippen molar-refractivity contribution in [3.63, 3.8) is 0 Å². The van der Waals surface area contributed by atoms with Crippen molar-refractivity contribution < 1.29 is 31.9 Å². The lowest BCUT2D eigenvalue weighted by Crippen LogP contribution is -2.44. The summed E-state index contributed by atoms with van der Waals surface area (Å²) in [7, 11) is 3.14. The lowest BCUT2D eigenvalue weighted by atomic mass is 10.00. The Kier molecular flexibility index (Phi) is 11.4. The summed E-state index contributed by atoms with van der Waals surface area (Å²) in [6.07, 6.45) is 0.166. The van der Waals surface area contributed by atoms with Crippen LogP contribution in [0.4, 0.5) is 30.4 Å². The van der Waals surface area contributed by atoms with E-state index in [0.29, 0.717) is 28.3 Å². The summed E-state index contributed by atoms with van der Waals surface area (Å²) in [5.74, 6) is -5.73. The molecule has 1 aromatic heterocycles. The van der Waals surface area contributed by atoms with E-state index in [0.717, 1.165) is 23.0 Å². The van der Waals surface area contributed by atoms with E-state index >= 15 is 4.39 Å². The molecule has 1 atom stereocenters. The summed E-state index contributed by atoms with van der Waals surface area (Å²) in [4.78, 5) is 37.5. The molecule has 0 aliphatic heterocycles. The van der Waals surface area contributed by atoms with Crippen LogP contribution in [0.2, 0.25) is 18.1 Å². The highest BCUT2D eigenvalue weighted by Gasteiger charge is 2.45. The first-order valence-corrected chi connectivity index (χ1v) is 19.7. The van der Waals surface area contributed by atoms with E-state index in [9.17, 15) is 18.4 Å². The highest BCUT2D eigenvalue weighted by Crippen LogP contribution is 2.40. The van der Waals surface area contributed by atoms with Gasteiger partial charge in [0.1, 0.15) is 23.2 Å². The van der Waals surface area contributed by atoms with Crippen molar-refractivity contribution in [2.45, 2.75) is 78.1 Å². The largest absolute Gasteiger partial charge is 0.543 e. The first-order valence-electron chi connectivity index (χ1n) is 16.8. The molecule has 3 aromatic carbocycles. The van der Waals surface area contributed by atoms with Crippen LogP contribution in [0, 0.1) is 12.7 Å². The summed E-state index contributed by atoms with van der Waals surface area (Å²) in [6, 6.07) is 14.2. The number of aromatic nitrogens is 2. The number of fused-ring (bicyclic) bond motifs is 1. The molecule has 1 N–H and O–H groups in total. The van der Waals surface area contributed by atoms with Gasteiger partial charge in [-0.05, 0) is 81.4 Å². The minimum Gasteiger partial charge on any atom is -0.543 e. The molecule has 1 amide bonds. The average molecular weight is 724 g/mol. The van der Waals surface area contributed by atoms with Gasteiger partial charge in [-0.2, -0.15) is 8.78 Å². The van der Waals surface area contributed by atoms with Crippen LogP contribution in [0.5, 0.6) is 5.75 Å². The Morgan fingerprint density at radius 1 is 0.980 bits per heavy atom. The number of carbonyl (C=O) groups excluding carboxylic acids is 2. The van der Waals surface area contributed by atoms with Crippen LogP contribution >= 0.6 is 0 Å². The first-order chi connectivity index (χ1) is 23.7. The topological polar surface area (TPSA) is 96.9 Å². The third-order valence-electron chi connectivity index (χ3n) is 9.34. The molecule has 0 spiro atoms. The number of amides is 1. The third kappa shape index (κ3) is 8.46. The molecule has 0 saturated carbocycles. The zero-order valence-corrected chi connectivity index (χ0v) is 32.2. The van der Waals surface area contributed by atoms with Gasteiger partial charge < -0.3 is 24.3 Å². The molecule has 0 unspecified atom stereocenters. The number of likely N-dealkylation sites (N-methyl/N-ethyl adjacent to an activating group) is 1. The van der Waals surface area contributed by atoms with E-state index in [1.165, 1.54) is 19.1 Å². The van der Waals surface area contributed by atoms with Gasteiger partial charge in [0.25, 0.3) is 0 Å². The minimum absolute atomic E-state index is 0.0393. The predicted molar refractivity (Wildman–Crippen MR) is 198 cm³/mol. The standard InChI is InChI=1S/C38H48F3N5O4Si/c1-12-49-36(48)38(40,41)30-15-13-14-28(34(30)39)23(2)42-35-29-22-27(16-18-31(29)43-24(3)44-35)46(9)26-17-19-32(50-51(10,11)37(4,5)6)25(20-26)21-33(47)45(7)8/h13-20,22-23H,12,21H2,1-11H3,(H,42,43,44)/t23-/m1/s1. The van der Waals surface area contributed by atoms with Gasteiger partial charge in [0.15, 0.2) is 0 Å². The Bertz CT molecular complexity index is 1930. The summed E-state index contributed by atoms with van der Waals surface area (Å²) < 4.78 is 56.5. The van der Waals surface area contributed by atoms with E-state index in [2.05, 4.69) is 53.9 Å². The maximum Gasteiger partial charge on any atom is 0.382 e. The number of carbonyl (C=O) groups is 2. The van der Waals surface area contributed by atoms with Crippen molar-refractivity contribution in [2.24, 2.45) is 0 Å². The van der Waals surface area contributed by atoms with E-state index in [4.69, 9.17) is 4.43 Å². The number of rotatable bonds is 12. The Hall–Kier alpha value is -4.65. The van der Waals surface area contributed by atoms with Gasteiger partial charge in [-0.3, -0.25) is 4.79 Å². The molecule has 0 aliphatic carbocycles. The van der Waals surface area contributed by atoms with Gasteiger partial charge in [0, 0.05) is 49.0 Å². The predicted octanol–water partition coefficient (Wildman–Crippen LogP) is 8.69. The number of hydrogen-bond acceptors (Lipinski definition) is 8. The van der Waals surface area contributed by atoms with E-state index < -0.39 is 37.6 Å². The summed E-state index contributed by atoms with van der Waals surface area (Å²) in [5, 5.41) is 3.76. The second-order valence-electron chi connectivity index (χ2n) is 14.4. The Morgan fingerprint density at radius 2 is 1.63 bits per heavy atom. The van der Waals surface area contributed by atoms with Crippen molar-refractivity contribution in [3.05, 3.63) is 82.9 Å². The number of nitrogens with one attached hydrogen (secondary N) is 1. The quantitative estimate of drug-likeness (QED) is 0.115. The highest BCUT2D eigenvalue weighted by atomic mass is 28.4. The smallest absolute Gasteiger partial charge is 0.382 e. The number of hydrogen-bond donors (Lipinski definition) is 1. The van der Waals surface area contributed by atoms with E-state index in [1.807, 2.05) is 48.3 Å². The lowest BCUT2D eigenvalue weighted by Gasteiger charge is -2.37. The van der Waals surface area contributed by atoms with Crippen LogP contribution in [0.15, 0.2) is 54.6 Å². The Balaban J connectivity index is 1.72. The van der Waals surface area contributed by atoms with Crippen LogP contribution in [-0.2, 0) is 26.7 Å². The molecule has 9 nitrogen and oxygen atoms in total. The van der Waals surface area contributed by atoms with E-state index in [1.54, 1.807) is 32.8 Å². The lowest BCUT2D eigenvalue weighted by molar-refractivity contribution is -0.173. The number of benzene rings is 3. The normalized spacial score (nSPS) is 12.7. The van der Waals surface area contributed by atoms with Gasteiger partial charge in [0.2, 0.25) is 14.2 Å². The molecule has 13 heteroatoms. The Labute approximate surface area is 299 Å². The van der Waals surface area contributed by atoms with Gasteiger partial charge >= 0.3 is 11.9 Å². The molecule has 0 radical (unpaired) electrons. The molecule has 0 fully saturated rings. The SMILES string of the molecule is CCOC(=O)C(F)(F)c1cccc([C@@H](C)Nc2nc(C)nc3ccc(N(C)c4ccc(O[Si](C)(C)C(C)(C)C)c(CC(=O)N(C)C)c4)cc23)c1F. The monoisotopic (exact) mass is 723 g/mol. The Morgan fingerprint density at radius 3 is 2.25 bits per heavy atom. The molecule has 274 valence electrons. The summed E-state index contributed by atoms with van der Waals surface area (Å²) in [6.45, 7) is 15.3. The number of halogens is 3. The molecule has 0 bridgehead atoms. The average Bonchev–Trinajstić information content (AvgIpc) is 3.04. The third-order valence-corrected chi connectivity index (χ3v) is 13.7. The molecule has 4 rings (SSSR count). The van der Waals surface area contributed by atoms with Crippen LogP contribution in [0.3, 0.4) is 0 Å². The first kappa shape index (κ1) is 39.1. The molecule has 4 aromatic rings. The number of ether oxygens (including phenoxy) is 1. The minimum atomic E-state index is -4.16. The fourth-order valence-electron chi connectivity index (χ4n) is 5.20. The number of nitrogens with zero attached hydrogens (tertiary/aromatic N) is 4. The highest BCUT2D eigenvalue weighted by molar-refractivity contribution is 6.74. The fraction of sp³-hybridized carbons (Fsp3) is 0.421. The number of anilines is 3. The van der Waals surface area contributed by atoms with Crippen molar-refractivity contribution >= 4 is 48.3 Å². The van der Waals surface area contributed by atoms with Gasteiger partial charge in [0.05, 0.1) is 30.1 Å². The number of alkyl halides is 2. The second kappa shape index (κ2) is 14.9. The van der Waals surface area contributed by atoms with Gasteiger partial charge in [-0.1, -0.05) is 32.9 Å². The van der Waals surface area contributed by atoms with Crippen LogP contribution in [-0.4, -0.2) is 62.8 Å². The zero-order chi connectivity index (χ0) is 38.1. The maximum absolute atomic E-state index is 15.6. The molecular formula is C38H48F3N5O4Si. The van der Waals surface area contributed by atoms with E-state index in [-0.39, 0.29) is 29.5 Å². The van der Waals surface area contributed by atoms with Crippen molar-refractivity contribution in [1.29, 1.82) is 0 Å². The molecule has 1 heterocycles. The maximum atomic E-state index is 15.6. The van der Waals surface area contributed by atoms with Gasteiger partial charge in [-0.15, -0.1) is 0 Å². The molecule has 51 heavy (non-hydrogen) atoms. The van der Waals surface area contributed by atoms with Gasteiger partial charge in [-0.25, -0.2) is 19.2 Å². The molecule has 0 aliphatic rings. The number of aryl methyl sites for hydroxylation is 1. The second-order valence-corrected chi connectivity index (χ2v) is 19.1.